The maximum atomic E-state index is 10.2. The van der Waals surface area contributed by atoms with Crippen molar-refractivity contribution >= 4 is 11.4 Å². The molecule has 1 rings (SSSR count). The van der Waals surface area contributed by atoms with Gasteiger partial charge < -0.3 is 5.72 Å². The standard InChI is InChI=1S/C6H6N2O2/c7-5-1-3-6(4-2-5)8(9)10/h1-4H,7H2/i/hD2. The molecule has 2 N–H and O–H groups in total. The summed E-state index contributed by atoms with van der Waals surface area (Å²) in [7, 11) is 0. The molecule has 4 heteroatoms. The molecule has 0 bridgehead atoms. The predicted molar refractivity (Wildman–Crippen MR) is 37.5 cm³/mol. The van der Waals surface area contributed by atoms with Crippen molar-refractivity contribution in [3.05, 3.63) is 34.4 Å². The van der Waals surface area contributed by atoms with E-state index < -0.39 is 4.92 Å². The molecule has 0 saturated carbocycles. The van der Waals surface area contributed by atoms with E-state index in [-0.39, 0.29) is 5.69 Å². The lowest BCUT2D eigenvalue weighted by molar-refractivity contribution is -0.384. The first-order chi connectivity index (χ1) is 5.61. The summed E-state index contributed by atoms with van der Waals surface area (Å²) in [5, 5.41) is 10.2. The molecule has 1 aromatic rings. The molecule has 0 aliphatic rings. The van der Waals surface area contributed by atoms with Gasteiger partial charge in [-0.15, -0.1) is 0 Å². The van der Waals surface area contributed by atoms with Crippen LogP contribution in [0.25, 0.3) is 0 Å². The van der Waals surface area contributed by atoms with Gasteiger partial charge in [0.15, 0.2) is 2.82 Å². The van der Waals surface area contributed by atoms with Crippen LogP contribution in [0.1, 0.15) is 0 Å². The van der Waals surface area contributed by atoms with Gasteiger partial charge >= 0.3 is 0 Å². The molecule has 0 unspecified atom stereocenters. The largest absolute Gasteiger partial charge is 0.399 e. The van der Waals surface area contributed by atoms with Crippen LogP contribution in [-0.4, -0.2) is 4.92 Å². The fourth-order valence-corrected chi connectivity index (χ4v) is 0.574. The summed E-state index contributed by atoms with van der Waals surface area (Å²) in [5.41, 5.74) is 0.644. The van der Waals surface area contributed by atoms with Crippen LogP contribution < -0.4 is 5.72 Å². The zero-order chi connectivity index (χ0) is 9.14. The zero-order valence-corrected chi connectivity index (χ0v) is 5.02. The van der Waals surface area contributed by atoms with Crippen molar-refractivity contribution < 1.29 is 7.75 Å². The Labute approximate surface area is 60.4 Å². The van der Waals surface area contributed by atoms with Gasteiger partial charge in [0.1, 0.15) is 0 Å². The molecule has 0 fully saturated rings. The van der Waals surface area contributed by atoms with Crippen molar-refractivity contribution in [2.45, 2.75) is 0 Å². The molecule has 10 heavy (non-hydrogen) atoms. The second-order valence-electron chi connectivity index (χ2n) is 1.77. The van der Waals surface area contributed by atoms with E-state index in [1.807, 2.05) is 0 Å². The summed E-state index contributed by atoms with van der Waals surface area (Å²) < 4.78 is 13.7. The average molecular weight is 140 g/mol. The van der Waals surface area contributed by atoms with Crippen molar-refractivity contribution in [2.75, 3.05) is 5.72 Å². The molecule has 0 aromatic heterocycles. The molecule has 0 radical (unpaired) electrons. The van der Waals surface area contributed by atoms with Crippen LogP contribution in [0.15, 0.2) is 24.3 Å². The summed E-state index contributed by atoms with van der Waals surface area (Å²) in [4.78, 5) is 9.65. The Kier molecular flexibility index (Phi) is 1.00. The van der Waals surface area contributed by atoms with Gasteiger partial charge in [-0.05, 0) is 12.1 Å². The van der Waals surface area contributed by atoms with Gasteiger partial charge in [0.2, 0.25) is 0 Å². The van der Waals surface area contributed by atoms with Crippen molar-refractivity contribution in [1.29, 1.82) is 0 Å². The highest BCUT2D eigenvalue weighted by Gasteiger charge is 2.00. The number of benzene rings is 1. The lowest BCUT2D eigenvalue weighted by Crippen LogP contribution is -1.88. The maximum Gasteiger partial charge on any atom is 0.269 e. The van der Waals surface area contributed by atoms with E-state index in [0.717, 1.165) is 0 Å². The number of anilines is 1. The number of hydrogen-bond acceptors (Lipinski definition) is 3. The first kappa shape index (κ1) is 4.27. The topological polar surface area (TPSA) is 69.2 Å². The molecule has 0 heterocycles. The zero-order valence-electron chi connectivity index (χ0n) is 7.02. The Morgan fingerprint density at radius 1 is 1.50 bits per heavy atom. The van der Waals surface area contributed by atoms with E-state index in [4.69, 9.17) is 2.82 Å². The lowest BCUT2D eigenvalue weighted by Gasteiger charge is -1.90. The van der Waals surface area contributed by atoms with Gasteiger partial charge in [0, 0.05) is 17.8 Å². The number of nitrogens with two attached hydrogens (primary N) is 1. The number of non-ortho nitro benzene ring substituents is 1. The van der Waals surface area contributed by atoms with E-state index in [0.29, 0.717) is 11.4 Å². The highest BCUT2D eigenvalue weighted by Crippen LogP contribution is 2.11. The van der Waals surface area contributed by atoms with Crippen LogP contribution >= 0.6 is 0 Å². The van der Waals surface area contributed by atoms with Crippen molar-refractivity contribution in [3.63, 3.8) is 0 Å². The maximum absolute atomic E-state index is 10.2. The molecule has 0 atom stereocenters. The fourth-order valence-electron chi connectivity index (χ4n) is 0.574. The molecular weight excluding hydrogens is 132 g/mol. The quantitative estimate of drug-likeness (QED) is 0.381. The Bertz CT molecular complexity index is 286. The van der Waals surface area contributed by atoms with Gasteiger partial charge in [0.25, 0.3) is 5.69 Å². The molecule has 0 spiro atoms. The van der Waals surface area contributed by atoms with Gasteiger partial charge in [-0.2, -0.15) is 0 Å². The average Bonchev–Trinajstić information content (AvgIpc) is 2.04. The molecule has 0 aliphatic carbocycles. The van der Waals surface area contributed by atoms with E-state index in [1.165, 1.54) is 24.3 Å². The number of nitro groups is 1. The van der Waals surface area contributed by atoms with Crippen molar-refractivity contribution in [3.8, 4) is 0 Å². The monoisotopic (exact) mass is 140 g/mol. The van der Waals surface area contributed by atoms with Crippen LogP contribution in [0.4, 0.5) is 11.4 Å². The van der Waals surface area contributed by atoms with Crippen LogP contribution in [0, 0.1) is 10.1 Å². The molecule has 52 valence electrons. The number of nitrogen functional groups attached to an aromatic ring is 1. The number of hydrogen-bond donors (Lipinski definition) is 1. The Morgan fingerprint density at radius 2 is 2.10 bits per heavy atom. The van der Waals surface area contributed by atoms with Crippen LogP contribution in [0.5, 0.6) is 0 Å². The molecule has 0 amide bonds. The third-order valence-electron chi connectivity index (χ3n) is 1.06. The van der Waals surface area contributed by atoms with E-state index >= 15 is 0 Å². The molecule has 0 aliphatic heterocycles. The summed E-state index contributed by atoms with van der Waals surface area (Å²) in [6, 6.07) is 5.20. The van der Waals surface area contributed by atoms with Crippen LogP contribution in [0.3, 0.4) is 0 Å². The summed E-state index contributed by atoms with van der Waals surface area (Å²) >= 11 is 0. The minimum Gasteiger partial charge on any atom is -0.399 e. The number of nitro benzene ring substituents is 1. The minimum atomic E-state index is -0.526. The predicted octanol–water partition coefficient (Wildman–Crippen LogP) is 1.18. The second-order valence-corrected chi connectivity index (χ2v) is 1.77. The first-order valence-electron chi connectivity index (χ1n) is 3.53. The molecule has 0 saturated heterocycles. The fraction of sp³-hybridized carbons (Fsp3) is 0. The van der Waals surface area contributed by atoms with Crippen LogP contribution in [-0.2, 0) is 0 Å². The molecular formula is C6H6N2O2. The Morgan fingerprint density at radius 3 is 2.50 bits per heavy atom. The Balaban J connectivity index is 2.93. The first-order valence-corrected chi connectivity index (χ1v) is 2.63. The Hall–Kier alpha value is -1.58. The number of rotatable bonds is 2. The van der Waals surface area contributed by atoms with E-state index in [1.54, 1.807) is 0 Å². The third-order valence-corrected chi connectivity index (χ3v) is 1.06. The summed E-state index contributed by atoms with van der Waals surface area (Å²) in [6.45, 7) is 0. The lowest BCUT2D eigenvalue weighted by atomic mass is 10.3. The van der Waals surface area contributed by atoms with Gasteiger partial charge in [-0.25, -0.2) is 0 Å². The summed E-state index contributed by atoms with van der Waals surface area (Å²) in [6.07, 6.45) is 0. The van der Waals surface area contributed by atoms with E-state index in [9.17, 15) is 10.1 Å². The second kappa shape index (κ2) is 2.34. The van der Waals surface area contributed by atoms with Gasteiger partial charge in [-0.1, -0.05) is 0 Å². The smallest absolute Gasteiger partial charge is 0.269 e. The molecule has 1 aromatic carbocycles. The third kappa shape index (κ3) is 1.22. The highest BCUT2D eigenvalue weighted by molar-refractivity contribution is 5.44. The van der Waals surface area contributed by atoms with Gasteiger partial charge in [-0.3, -0.25) is 10.1 Å². The van der Waals surface area contributed by atoms with E-state index in [2.05, 4.69) is 0 Å². The van der Waals surface area contributed by atoms with Gasteiger partial charge in [0.05, 0.1) is 4.92 Å². The van der Waals surface area contributed by atoms with Crippen molar-refractivity contribution in [2.24, 2.45) is 0 Å². The molecule has 4 nitrogen and oxygen atoms in total. The summed E-state index contributed by atoms with van der Waals surface area (Å²) in [5.74, 6) is 0. The van der Waals surface area contributed by atoms with Crippen molar-refractivity contribution in [1.82, 2.24) is 0 Å². The number of nitrogens with zero attached hydrogens (tertiary/aromatic N) is 1. The highest BCUT2D eigenvalue weighted by atomic mass is 16.6. The SMILES string of the molecule is [2H]N([2H])c1ccc([N+](=O)[O-])cc1. The normalized spacial score (nSPS) is 11.6. The minimum absolute atomic E-state index is 0.0411. The van der Waals surface area contributed by atoms with Crippen LogP contribution in [0.2, 0.25) is 2.82 Å².